The molecule has 0 aromatic rings. The van der Waals surface area contributed by atoms with E-state index in [2.05, 4.69) is 0 Å². The Morgan fingerprint density at radius 1 is 1.32 bits per heavy atom. The Morgan fingerprint density at radius 2 is 1.89 bits per heavy atom. The summed E-state index contributed by atoms with van der Waals surface area (Å²) in [5.41, 5.74) is 0. The second-order valence-corrected chi connectivity index (χ2v) is 7.25. The lowest BCUT2D eigenvalue weighted by atomic mass is 10.2. The maximum atomic E-state index is 12.1. The fraction of sp³-hybridized carbons (Fsp3) is 0.909. The van der Waals surface area contributed by atoms with Crippen molar-refractivity contribution in [3.05, 3.63) is 0 Å². The van der Waals surface area contributed by atoms with E-state index in [9.17, 15) is 26.4 Å². The Hall–Kier alpha value is -0.790. The van der Waals surface area contributed by atoms with Crippen LogP contribution in [0, 0.1) is 0 Å². The summed E-state index contributed by atoms with van der Waals surface area (Å²) in [6.45, 7) is 0. The van der Waals surface area contributed by atoms with Crippen LogP contribution in [-0.4, -0.2) is 50.0 Å². The van der Waals surface area contributed by atoms with Gasteiger partial charge in [-0.25, -0.2) is 8.42 Å². The lowest BCUT2D eigenvalue weighted by molar-refractivity contribution is -0.149. The van der Waals surface area contributed by atoms with Crippen molar-refractivity contribution in [2.45, 2.75) is 49.6 Å². The van der Waals surface area contributed by atoms with E-state index < -0.39 is 46.1 Å². The highest BCUT2D eigenvalue weighted by Gasteiger charge is 2.39. The molecule has 2 atom stereocenters. The predicted molar refractivity (Wildman–Crippen MR) is 64.3 cm³/mol. The summed E-state index contributed by atoms with van der Waals surface area (Å²) in [6, 6.07) is -0.504. The van der Waals surface area contributed by atoms with E-state index in [4.69, 9.17) is 0 Å². The summed E-state index contributed by atoms with van der Waals surface area (Å²) >= 11 is 0. The molecule has 8 heteroatoms. The number of hydrogen-bond donors (Lipinski definition) is 0. The Balaban J connectivity index is 2.66. The van der Waals surface area contributed by atoms with Crippen LogP contribution in [0.2, 0.25) is 0 Å². The Bertz CT molecular complexity index is 433. The van der Waals surface area contributed by atoms with Gasteiger partial charge >= 0.3 is 6.18 Å². The average Bonchev–Trinajstić information content (AvgIpc) is 2.72. The number of carbonyl (C=O) groups is 1. The van der Waals surface area contributed by atoms with Crippen LogP contribution in [0.3, 0.4) is 0 Å². The molecule has 0 bridgehead atoms. The first-order valence-electron chi connectivity index (χ1n) is 6.03. The van der Waals surface area contributed by atoms with Crippen molar-refractivity contribution in [3.8, 4) is 0 Å². The molecule has 0 spiro atoms. The highest BCUT2D eigenvalue weighted by atomic mass is 32.2. The molecule has 1 amide bonds. The van der Waals surface area contributed by atoms with Gasteiger partial charge in [0, 0.05) is 25.8 Å². The van der Waals surface area contributed by atoms with E-state index in [-0.39, 0.29) is 0 Å². The molecular formula is C11H18F3NO3S. The molecule has 0 aromatic carbocycles. The maximum absolute atomic E-state index is 12.1. The first kappa shape index (κ1) is 16.3. The molecule has 1 saturated carbocycles. The molecule has 0 heterocycles. The van der Waals surface area contributed by atoms with Gasteiger partial charge in [-0.1, -0.05) is 0 Å². The zero-order valence-electron chi connectivity index (χ0n) is 10.9. The van der Waals surface area contributed by atoms with Crippen LogP contribution in [0.4, 0.5) is 13.2 Å². The molecule has 19 heavy (non-hydrogen) atoms. The average molecular weight is 301 g/mol. The van der Waals surface area contributed by atoms with Crippen LogP contribution in [0.25, 0.3) is 0 Å². The van der Waals surface area contributed by atoms with Gasteiger partial charge in [-0.15, -0.1) is 0 Å². The van der Waals surface area contributed by atoms with Gasteiger partial charge in [0.2, 0.25) is 5.91 Å². The number of alkyl halides is 3. The van der Waals surface area contributed by atoms with Crippen LogP contribution in [-0.2, 0) is 14.6 Å². The molecule has 0 unspecified atom stereocenters. The van der Waals surface area contributed by atoms with E-state index in [1.807, 2.05) is 0 Å². The fourth-order valence-corrected chi connectivity index (χ4v) is 3.94. The smallest absolute Gasteiger partial charge is 0.341 e. The monoisotopic (exact) mass is 301 g/mol. The largest absolute Gasteiger partial charge is 0.389 e. The number of halogens is 3. The molecule has 0 aliphatic heterocycles. The molecule has 1 aliphatic rings. The molecule has 0 saturated heterocycles. The Kier molecular flexibility index (Phi) is 4.86. The Morgan fingerprint density at radius 3 is 2.37 bits per heavy atom. The maximum Gasteiger partial charge on any atom is 0.389 e. The van der Waals surface area contributed by atoms with Gasteiger partial charge in [0.1, 0.15) is 0 Å². The summed E-state index contributed by atoms with van der Waals surface area (Å²) < 4.78 is 59.3. The molecule has 1 rings (SSSR count). The third-order valence-electron chi connectivity index (χ3n) is 3.48. The van der Waals surface area contributed by atoms with Gasteiger partial charge in [0.15, 0.2) is 9.84 Å². The standard InChI is InChI=1S/C11H18F3NO3S/c1-15(10(16)6-7-11(12,13)14)8-4-3-5-9(8)19(2,17)18/h8-9H,3-7H2,1-2H3/t8-,9+/m1/s1. The number of sulfone groups is 1. The van der Waals surface area contributed by atoms with Gasteiger partial charge in [0.05, 0.1) is 11.7 Å². The fourth-order valence-electron chi connectivity index (χ4n) is 2.46. The van der Waals surface area contributed by atoms with Gasteiger partial charge in [-0.05, 0) is 19.3 Å². The molecule has 112 valence electrons. The molecule has 0 radical (unpaired) electrons. The summed E-state index contributed by atoms with van der Waals surface area (Å²) in [4.78, 5) is 12.9. The quantitative estimate of drug-likeness (QED) is 0.795. The van der Waals surface area contributed by atoms with E-state index >= 15 is 0 Å². The molecule has 1 fully saturated rings. The van der Waals surface area contributed by atoms with Gasteiger partial charge < -0.3 is 4.90 Å². The van der Waals surface area contributed by atoms with Crippen molar-refractivity contribution in [2.75, 3.05) is 13.3 Å². The summed E-state index contributed by atoms with van der Waals surface area (Å²) in [5, 5.41) is -0.660. The van der Waals surface area contributed by atoms with E-state index in [0.717, 1.165) is 6.26 Å². The van der Waals surface area contributed by atoms with Crippen LogP contribution >= 0.6 is 0 Å². The second-order valence-electron chi connectivity index (χ2n) is 4.99. The number of nitrogens with zero attached hydrogens (tertiary/aromatic N) is 1. The molecule has 4 nitrogen and oxygen atoms in total. The molecule has 0 N–H and O–H groups in total. The zero-order valence-corrected chi connectivity index (χ0v) is 11.7. The van der Waals surface area contributed by atoms with Crippen LogP contribution in [0.15, 0.2) is 0 Å². The number of amides is 1. The van der Waals surface area contributed by atoms with Crippen molar-refractivity contribution in [1.29, 1.82) is 0 Å². The normalized spacial score (nSPS) is 24.5. The van der Waals surface area contributed by atoms with E-state index in [1.54, 1.807) is 0 Å². The first-order chi connectivity index (χ1) is 8.52. The number of rotatable bonds is 4. The summed E-state index contributed by atoms with van der Waals surface area (Å²) in [6.07, 6.45) is -3.43. The van der Waals surface area contributed by atoms with Crippen LogP contribution in [0.1, 0.15) is 32.1 Å². The number of hydrogen-bond acceptors (Lipinski definition) is 3. The minimum atomic E-state index is -4.37. The zero-order chi connectivity index (χ0) is 14.8. The molecule has 1 aliphatic carbocycles. The highest BCUT2D eigenvalue weighted by Crippen LogP contribution is 2.30. The van der Waals surface area contributed by atoms with Crippen molar-refractivity contribution >= 4 is 15.7 Å². The van der Waals surface area contributed by atoms with Crippen LogP contribution < -0.4 is 0 Å². The SMILES string of the molecule is CN(C(=O)CCC(F)(F)F)[C@@H]1CCC[C@@H]1S(C)(=O)=O. The topological polar surface area (TPSA) is 54.5 Å². The minimum absolute atomic E-state index is 0.459. The van der Waals surface area contributed by atoms with Crippen molar-refractivity contribution in [2.24, 2.45) is 0 Å². The third-order valence-corrected chi connectivity index (χ3v) is 5.13. The van der Waals surface area contributed by atoms with Gasteiger partial charge in [-0.3, -0.25) is 4.79 Å². The van der Waals surface area contributed by atoms with Gasteiger partial charge in [-0.2, -0.15) is 13.2 Å². The second kappa shape index (κ2) is 5.68. The van der Waals surface area contributed by atoms with Crippen molar-refractivity contribution in [3.63, 3.8) is 0 Å². The van der Waals surface area contributed by atoms with Crippen molar-refractivity contribution < 1.29 is 26.4 Å². The summed E-state index contributed by atoms with van der Waals surface area (Å²) in [5.74, 6) is -0.655. The minimum Gasteiger partial charge on any atom is -0.341 e. The van der Waals surface area contributed by atoms with E-state index in [1.165, 1.54) is 11.9 Å². The Labute approximate surface area is 110 Å². The predicted octanol–water partition coefficient (Wildman–Crippen LogP) is 1.75. The van der Waals surface area contributed by atoms with Crippen molar-refractivity contribution in [1.82, 2.24) is 4.90 Å². The van der Waals surface area contributed by atoms with E-state index in [0.29, 0.717) is 19.3 Å². The van der Waals surface area contributed by atoms with Gasteiger partial charge in [0.25, 0.3) is 0 Å². The molecule has 0 aromatic heterocycles. The highest BCUT2D eigenvalue weighted by molar-refractivity contribution is 7.91. The lowest BCUT2D eigenvalue weighted by Gasteiger charge is -2.29. The first-order valence-corrected chi connectivity index (χ1v) is 7.99. The summed E-state index contributed by atoms with van der Waals surface area (Å²) in [7, 11) is -1.91. The van der Waals surface area contributed by atoms with Crippen LogP contribution in [0.5, 0.6) is 0 Å². The lowest BCUT2D eigenvalue weighted by Crippen LogP contribution is -2.44. The molecular weight excluding hydrogens is 283 g/mol. The number of carbonyl (C=O) groups excluding carboxylic acids is 1. The third kappa shape index (κ3) is 4.67.